The molecule has 2 fully saturated rings. The van der Waals surface area contributed by atoms with Crippen LogP contribution in [-0.2, 0) is 4.74 Å². The predicted molar refractivity (Wildman–Crippen MR) is 74.9 cm³/mol. The second kappa shape index (κ2) is 6.70. The van der Waals surface area contributed by atoms with Gasteiger partial charge in [-0.25, -0.2) is 8.78 Å². The van der Waals surface area contributed by atoms with Gasteiger partial charge in [0, 0.05) is 45.4 Å². The van der Waals surface area contributed by atoms with Crippen molar-refractivity contribution in [2.75, 3.05) is 39.4 Å². The molecule has 1 N–H and O–H groups in total. The number of H-pyrrole nitrogens is 1. The highest BCUT2D eigenvalue weighted by Gasteiger charge is 2.28. The number of aromatic nitrogens is 2. The average Bonchev–Trinajstić information content (AvgIpc) is 3.05. The van der Waals surface area contributed by atoms with Crippen LogP contribution in [0.1, 0.15) is 35.4 Å². The third kappa shape index (κ3) is 3.27. The van der Waals surface area contributed by atoms with Crippen molar-refractivity contribution in [3.8, 4) is 0 Å². The second-order valence-electron chi connectivity index (χ2n) is 5.68. The van der Waals surface area contributed by atoms with Crippen molar-refractivity contribution in [1.82, 2.24) is 20.0 Å². The van der Waals surface area contributed by atoms with Gasteiger partial charge in [-0.3, -0.25) is 14.8 Å². The number of rotatable bonds is 3. The van der Waals surface area contributed by atoms with E-state index in [1.807, 2.05) is 0 Å². The molecule has 6 nitrogen and oxygen atoms in total. The zero-order valence-corrected chi connectivity index (χ0v) is 12.3. The number of carbonyl (C=O) groups excluding carboxylic acids is 1. The lowest BCUT2D eigenvalue weighted by Crippen LogP contribution is -2.53. The molecular weight excluding hydrogens is 294 g/mol. The highest BCUT2D eigenvalue weighted by atomic mass is 19.3. The smallest absolute Gasteiger partial charge is 0.279 e. The maximum absolute atomic E-state index is 12.5. The van der Waals surface area contributed by atoms with E-state index in [4.69, 9.17) is 4.74 Å². The third-order valence-electron chi connectivity index (χ3n) is 4.36. The second-order valence-corrected chi connectivity index (χ2v) is 5.68. The minimum absolute atomic E-state index is 0.0646. The minimum atomic E-state index is -2.64. The molecule has 0 saturated carbocycles. The molecule has 0 aromatic carbocycles. The minimum Gasteiger partial charge on any atom is -0.381 e. The van der Waals surface area contributed by atoms with Crippen LogP contribution in [-0.4, -0.2) is 71.3 Å². The van der Waals surface area contributed by atoms with E-state index in [0.717, 1.165) is 45.2 Å². The number of piperazine rings is 1. The number of hydrogen-bond donors (Lipinski definition) is 1. The molecule has 0 radical (unpaired) electrons. The number of hydrogen-bond acceptors (Lipinski definition) is 4. The summed E-state index contributed by atoms with van der Waals surface area (Å²) in [4.78, 5) is 16.4. The van der Waals surface area contributed by atoms with E-state index in [2.05, 4.69) is 15.1 Å². The molecular formula is C14H20F2N4O2. The third-order valence-corrected chi connectivity index (χ3v) is 4.36. The maximum atomic E-state index is 12.5. The Balaban J connectivity index is 1.54. The van der Waals surface area contributed by atoms with Gasteiger partial charge in [0.25, 0.3) is 12.3 Å². The zero-order chi connectivity index (χ0) is 15.5. The summed E-state index contributed by atoms with van der Waals surface area (Å²) in [7, 11) is 0. The number of nitrogens with one attached hydrogen (secondary N) is 1. The van der Waals surface area contributed by atoms with Crippen LogP contribution in [0.4, 0.5) is 8.78 Å². The van der Waals surface area contributed by atoms with Gasteiger partial charge >= 0.3 is 0 Å². The van der Waals surface area contributed by atoms with Crippen LogP contribution in [0.25, 0.3) is 0 Å². The van der Waals surface area contributed by atoms with Crippen LogP contribution < -0.4 is 0 Å². The first-order chi connectivity index (χ1) is 10.6. The molecule has 0 bridgehead atoms. The molecule has 0 spiro atoms. The van der Waals surface area contributed by atoms with E-state index in [9.17, 15) is 13.6 Å². The van der Waals surface area contributed by atoms with Crippen LogP contribution in [0.15, 0.2) is 6.07 Å². The van der Waals surface area contributed by atoms with Crippen molar-refractivity contribution in [1.29, 1.82) is 0 Å². The first kappa shape index (κ1) is 15.4. The lowest BCUT2D eigenvalue weighted by atomic mass is 10.1. The van der Waals surface area contributed by atoms with Gasteiger partial charge in [0.15, 0.2) is 5.69 Å². The van der Waals surface area contributed by atoms with Gasteiger partial charge in [-0.05, 0) is 18.9 Å². The molecule has 2 saturated heterocycles. The summed E-state index contributed by atoms with van der Waals surface area (Å²) in [6, 6.07) is 1.67. The molecule has 1 aromatic rings. The van der Waals surface area contributed by atoms with Gasteiger partial charge < -0.3 is 9.64 Å². The first-order valence-electron chi connectivity index (χ1n) is 7.59. The SMILES string of the molecule is O=C(c1cc(C(F)F)[nH]n1)N1CCN(C2CCOCC2)CC1. The monoisotopic (exact) mass is 314 g/mol. The van der Waals surface area contributed by atoms with Gasteiger partial charge in [0.2, 0.25) is 0 Å². The molecule has 1 amide bonds. The maximum Gasteiger partial charge on any atom is 0.279 e. The van der Waals surface area contributed by atoms with Crippen LogP contribution >= 0.6 is 0 Å². The van der Waals surface area contributed by atoms with Crippen LogP contribution in [0, 0.1) is 0 Å². The fourth-order valence-electron chi connectivity index (χ4n) is 3.06. The van der Waals surface area contributed by atoms with Gasteiger partial charge in [0.1, 0.15) is 5.69 Å². The topological polar surface area (TPSA) is 61.5 Å². The largest absolute Gasteiger partial charge is 0.381 e. The number of halogens is 2. The Morgan fingerprint density at radius 3 is 2.55 bits per heavy atom. The highest BCUT2D eigenvalue weighted by Crippen LogP contribution is 2.19. The first-order valence-corrected chi connectivity index (χ1v) is 7.59. The summed E-state index contributed by atoms with van der Waals surface area (Å²) in [5.74, 6) is -0.283. The summed E-state index contributed by atoms with van der Waals surface area (Å²) in [5, 5.41) is 5.91. The summed E-state index contributed by atoms with van der Waals surface area (Å²) in [5.41, 5.74) is -0.251. The van der Waals surface area contributed by atoms with Gasteiger partial charge in [-0.15, -0.1) is 0 Å². The molecule has 2 aliphatic heterocycles. The summed E-state index contributed by atoms with van der Waals surface area (Å²) in [6.07, 6.45) is -0.574. The molecule has 8 heteroatoms. The van der Waals surface area contributed by atoms with Crippen molar-refractivity contribution in [3.63, 3.8) is 0 Å². The number of ether oxygens (including phenoxy) is 1. The molecule has 0 unspecified atom stereocenters. The Bertz CT molecular complexity index is 509. The van der Waals surface area contributed by atoms with E-state index in [0.29, 0.717) is 19.1 Å². The van der Waals surface area contributed by atoms with Crippen molar-refractivity contribution in [3.05, 3.63) is 17.5 Å². The fourth-order valence-corrected chi connectivity index (χ4v) is 3.06. The summed E-state index contributed by atoms with van der Waals surface area (Å²) >= 11 is 0. The Kier molecular flexibility index (Phi) is 4.68. The van der Waals surface area contributed by atoms with E-state index in [1.165, 1.54) is 0 Å². The lowest BCUT2D eigenvalue weighted by molar-refractivity contribution is 0.0136. The summed E-state index contributed by atoms with van der Waals surface area (Å²) < 4.78 is 30.4. The highest BCUT2D eigenvalue weighted by molar-refractivity contribution is 5.92. The van der Waals surface area contributed by atoms with E-state index < -0.39 is 6.43 Å². The molecule has 122 valence electrons. The predicted octanol–water partition coefficient (Wildman–Crippen LogP) is 1.28. The number of alkyl halides is 2. The van der Waals surface area contributed by atoms with E-state index in [1.54, 1.807) is 4.90 Å². The van der Waals surface area contributed by atoms with E-state index >= 15 is 0 Å². The molecule has 0 atom stereocenters. The van der Waals surface area contributed by atoms with Gasteiger partial charge in [0.05, 0.1) is 0 Å². The number of aromatic amines is 1. The number of carbonyl (C=O) groups is 1. The van der Waals surface area contributed by atoms with Gasteiger partial charge in [-0.2, -0.15) is 5.10 Å². The van der Waals surface area contributed by atoms with Crippen LogP contribution in [0.5, 0.6) is 0 Å². The normalized spacial score (nSPS) is 21.5. The van der Waals surface area contributed by atoms with Crippen molar-refractivity contribution in [2.24, 2.45) is 0 Å². The molecule has 2 aliphatic rings. The summed E-state index contributed by atoms with van der Waals surface area (Å²) in [6.45, 7) is 4.42. The molecule has 3 rings (SSSR count). The van der Waals surface area contributed by atoms with E-state index in [-0.39, 0.29) is 17.3 Å². The number of amides is 1. The number of nitrogens with zero attached hydrogens (tertiary/aromatic N) is 3. The molecule has 22 heavy (non-hydrogen) atoms. The zero-order valence-electron chi connectivity index (χ0n) is 12.3. The molecule has 3 heterocycles. The van der Waals surface area contributed by atoms with Crippen LogP contribution in [0.3, 0.4) is 0 Å². The van der Waals surface area contributed by atoms with Crippen molar-refractivity contribution in [2.45, 2.75) is 25.3 Å². The Morgan fingerprint density at radius 2 is 1.95 bits per heavy atom. The van der Waals surface area contributed by atoms with Crippen LogP contribution in [0.2, 0.25) is 0 Å². The Hall–Kier alpha value is -1.54. The van der Waals surface area contributed by atoms with Crippen molar-refractivity contribution < 1.29 is 18.3 Å². The fraction of sp³-hybridized carbons (Fsp3) is 0.714. The Morgan fingerprint density at radius 1 is 1.27 bits per heavy atom. The Labute approximate surface area is 127 Å². The standard InChI is InChI=1S/C14H20F2N4O2/c15-13(16)11-9-12(18-17-11)14(21)20-5-3-19(4-6-20)10-1-7-22-8-2-10/h9-10,13H,1-8H2,(H,17,18). The van der Waals surface area contributed by atoms with Gasteiger partial charge in [-0.1, -0.05) is 0 Å². The lowest BCUT2D eigenvalue weighted by Gasteiger charge is -2.40. The molecule has 0 aliphatic carbocycles. The van der Waals surface area contributed by atoms with Crippen molar-refractivity contribution >= 4 is 5.91 Å². The molecule has 1 aromatic heterocycles. The quantitative estimate of drug-likeness (QED) is 0.913. The average molecular weight is 314 g/mol.